The van der Waals surface area contributed by atoms with Crippen LogP contribution in [0.5, 0.6) is 0 Å². The summed E-state index contributed by atoms with van der Waals surface area (Å²) in [6, 6.07) is 4.59. The molecule has 318 valence electrons. The van der Waals surface area contributed by atoms with E-state index in [1.54, 1.807) is 45.0 Å². The molecule has 1 aliphatic carbocycles. The monoisotopic (exact) mass is 810 g/mol. The van der Waals surface area contributed by atoms with Gasteiger partial charge in [-0.15, -0.1) is 0 Å². The van der Waals surface area contributed by atoms with Crippen molar-refractivity contribution < 1.29 is 66.0 Å². The molecule has 13 nitrogen and oxygen atoms in total. The molecule has 4 aliphatic rings. The van der Waals surface area contributed by atoms with Crippen molar-refractivity contribution in [1.82, 2.24) is 10.4 Å². The number of rotatable bonds is 19. The molecule has 0 radical (unpaired) electrons. The van der Waals surface area contributed by atoms with E-state index < -0.39 is 96.5 Å². The van der Waals surface area contributed by atoms with Crippen LogP contribution in [0, 0.1) is 5.41 Å². The maximum atomic E-state index is 14.8. The number of hydrogen-bond acceptors (Lipinski definition) is 12. The summed E-state index contributed by atoms with van der Waals surface area (Å²) in [5, 5.41) is 14.7. The van der Waals surface area contributed by atoms with Gasteiger partial charge in [-0.1, -0.05) is 63.8 Å². The molecule has 16 heteroatoms. The highest BCUT2D eigenvalue weighted by atomic mass is 19.4. The fraction of sp³-hybridized carbons (Fsp3) is 0.707. The third kappa shape index (κ3) is 10.9. The zero-order valence-electron chi connectivity index (χ0n) is 33.4. The number of hydroxylamine groups is 2. The molecule has 4 fully saturated rings. The predicted octanol–water partition coefficient (Wildman–Crippen LogP) is 5.85. The van der Waals surface area contributed by atoms with E-state index in [0.29, 0.717) is 24.0 Å². The molecule has 2 bridgehead atoms. The normalized spacial score (nSPS) is 27.2. The van der Waals surface area contributed by atoms with Gasteiger partial charge in [0.05, 0.1) is 19.2 Å². The summed E-state index contributed by atoms with van der Waals surface area (Å²) in [6.45, 7) is 7.33. The lowest BCUT2D eigenvalue weighted by Gasteiger charge is -2.49. The molecular weight excluding hydrogens is 753 g/mol. The number of benzene rings is 1. The fourth-order valence-corrected chi connectivity index (χ4v) is 8.19. The number of fused-ring (bicyclic) bond motifs is 4. The van der Waals surface area contributed by atoms with Gasteiger partial charge in [-0.25, -0.2) is 4.79 Å². The van der Waals surface area contributed by atoms with Gasteiger partial charge >= 0.3 is 24.1 Å². The van der Waals surface area contributed by atoms with Crippen LogP contribution in [0.3, 0.4) is 0 Å². The molecule has 7 atom stereocenters. The number of esters is 3. The van der Waals surface area contributed by atoms with E-state index in [0.717, 1.165) is 44.6 Å². The summed E-state index contributed by atoms with van der Waals surface area (Å²) in [5.74, 6) is -3.80. The van der Waals surface area contributed by atoms with Crippen molar-refractivity contribution in [2.24, 2.45) is 5.41 Å². The maximum Gasteiger partial charge on any atom is 0.422 e. The van der Waals surface area contributed by atoms with E-state index in [4.69, 9.17) is 23.8 Å². The number of carbonyl (C=O) groups excluding carboxylic acids is 4. The second-order valence-electron chi connectivity index (χ2n) is 16.5. The van der Waals surface area contributed by atoms with Crippen LogP contribution in [0.4, 0.5) is 13.2 Å². The van der Waals surface area contributed by atoms with Gasteiger partial charge in [0.2, 0.25) is 5.91 Å². The molecular formula is C41H57F3N2O11. The Balaban J connectivity index is 1.42. The van der Waals surface area contributed by atoms with Crippen molar-refractivity contribution in [1.29, 1.82) is 0 Å². The Hall–Kier alpha value is -3.57. The summed E-state index contributed by atoms with van der Waals surface area (Å²) in [4.78, 5) is 59.8. The quantitative estimate of drug-likeness (QED) is 0.0745. The molecule has 3 aliphatic heterocycles. The topological polar surface area (TPSA) is 159 Å². The second kappa shape index (κ2) is 18.6. The summed E-state index contributed by atoms with van der Waals surface area (Å²) < 4.78 is 66.7. The van der Waals surface area contributed by atoms with Gasteiger partial charge in [0.25, 0.3) is 0 Å². The van der Waals surface area contributed by atoms with Crippen LogP contribution in [0.25, 0.3) is 6.08 Å². The number of nitrogens with one attached hydrogen (secondary N) is 1. The number of nitrogens with zero attached hydrogens (tertiary/aromatic N) is 1. The van der Waals surface area contributed by atoms with E-state index in [2.05, 4.69) is 23.9 Å². The Kier molecular flexibility index (Phi) is 14.5. The molecule has 3 heterocycles. The number of unbranched alkanes of at least 4 members (excludes halogenated alkanes) is 4. The van der Waals surface area contributed by atoms with E-state index >= 15 is 0 Å². The van der Waals surface area contributed by atoms with Crippen molar-refractivity contribution in [2.45, 2.75) is 166 Å². The van der Waals surface area contributed by atoms with Crippen LogP contribution in [0.2, 0.25) is 0 Å². The zero-order chi connectivity index (χ0) is 41.6. The second-order valence-corrected chi connectivity index (χ2v) is 16.5. The Morgan fingerprint density at radius 3 is 2.26 bits per heavy atom. The Bertz CT molecular complexity index is 1590. The van der Waals surface area contributed by atoms with Crippen LogP contribution in [-0.4, -0.2) is 101 Å². The van der Waals surface area contributed by atoms with E-state index in [9.17, 15) is 37.5 Å². The average molecular weight is 811 g/mol. The molecule has 2 N–H and O–H groups in total. The van der Waals surface area contributed by atoms with Crippen LogP contribution < -0.4 is 5.32 Å². The highest BCUT2D eigenvalue weighted by molar-refractivity contribution is 5.94. The minimum Gasteiger partial charge on any atom is -0.460 e. The fourth-order valence-electron chi connectivity index (χ4n) is 8.19. The van der Waals surface area contributed by atoms with Gasteiger partial charge in [-0.05, 0) is 57.2 Å². The van der Waals surface area contributed by atoms with Crippen molar-refractivity contribution in [3.8, 4) is 0 Å². The van der Waals surface area contributed by atoms with Gasteiger partial charge in [-0.3, -0.25) is 19.2 Å². The molecule has 1 saturated carbocycles. The van der Waals surface area contributed by atoms with Crippen molar-refractivity contribution in [3.63, 3.8) is 0 Å². The van der Waals surface area contributed by atoms with E-state index in [1.807, 2.05) is 0 Å². The largest absolute Gasteiger partial charge is 0.460 e. The van der Waals surface area contributed by atoms with Crippen LogP contribution in [0.15, 0.2) is 30.3 Å². The highest BCUT2D eigenvalue weighted by Crippen LogP contribution is 2.58. The van der Waals surface area contributed by atoms with E-state index in [-0.39, 0.29) is 25.8 Å². The van der Waals surface area contributed by atoms with Gasteiger partial charge in [-0.2, -0.15) is 18.2 Å². The zero-order valence-corrected chi connectivity index (χ0v) is 33.4. The molecule has 1 amide bonds. The SMILES string of the molecule is CCCCCC1(CCCCC)O[C@@H]2[C@H]3ON(Cc4ccc(C=CC(=O)OCC(F)(F)F)cc4)[C@H]4C(=O)OC(CC34C(=O)N[C@H](CO)CCC(=O)OC(C)(C)C)[C@@H]2O1. The number of carbonyl (C=O) groups is 4. The first-order valence-corrected chi connectivity index (χ1v) is 20.1. The molecule has 0 aromatic heterocycles. The first kappa shape index (κ1) is 44.5. The lowest BCUT2D eigenvalue weighted by atomic mass is 9.62. The lowest BCUT2D eigenvalue weighted by molar-refractivity contribution is -0.224. The number of amides is 1. The smallest absolute Gasteiger partial charge is 0.422 e. The summed E-state index contributed by atoms with van der Waals surface area (Å²) in [6.07, 6.45) is 1.28. The summed E-state index contributed by atoms with van der Waals surface area (Å²) >= 11 is 0. The van der Waals surface area contributed by atoms with Crippen molar-refractivity contribution in [2.75, 3.05) is 13.2 Å². The summed E-state index contributed by atoms with van der Waals surface area (Å²) in [5.41, 5.74) is -1.08. The lowest BCUT2D eigenvalue weighted by Crippen LogP contribution is -2.70. The van der Waals surface area contributed by atoms with Gasteiger partial charge in [0.15, 0.2) is 18.4 Å². The first-order valence-electron chi connectivity index (χ1n) is 20.1. The molecule has 57 heavy (non-hydrogen) atoms. The Labute approximate surface area is 331 Å². The average Bonchev–Trinajstić information content (AvgIpc) is 3.69. The maximum absolute atomic E-state index is 14.8. The molecule has 2 unspecified atom stereocenters. The molecule has 1 aromatic carbocycles. The number of halogens is 3. The number of aliphatic hydroxyl groups excluding tert-OH is 1. The van der Waals surface area contributed by atoms with Crippen LogP contribution in [0.1, 0.15) is 116 Å². The minimum atomic E-state index is -4.64. The van der Waals surface area contributed by atoms with Crippen LogP contribution >= 0.6 is 0 Å². The molecule has 5 rings (SSSR count). The third-order valence-corrected chi connectivity index (χ3v) is 10.8. The Morgan fingerprint density at radius 2 is 1.67 bits per heavy atom. The highest BCUT2D eigenvalue weighted by Gasteiger charge is 2.76. The number of aliphatic hydroxyl groups is 1. The van der Waals surface area contributed by atoms with Crippen LogP contribution in [-0.2, 0) is 54.2 Å². The van der Waals surface area contributed by atoms with Gasteiger partial charge < -0.3 is 34.1 Å². The number of hydrogen-bond donors (Lipinski definition) is 2. The van der Waals surface area contributed by atoms with Crippen molar-refractivity contribution in [3.05, 3.63) is 41.5 Å². The molecule has 1 aromatic rings. The molecule has 0 spiro atoms. The number of ether oxygens (including phenoxy) is 5. The number of alkyl halides is 3. The first-order chi connectivity index (χ1) is 26.9. The molecule has 3 saturated heterocycles. The Morgan fingerprint density at radius 1 is 1.02 bits per heavy atom. The van der Waals surface area contributed by atoms with Crippen molar-refractivity contribution >= 4 is 29.9 Å². The standard InChI is InChI=1S/C41H57F3N2O11/c1-6-8-10-20-39(21-11-9-7-2)55-32-29-22-40(37(51)45-28(24-47)17-19-31(49)54-38(3,4)5)34(36(50)53-29)46(57-35(40)33(32)56-39)23-27-14-12-26(13-15-27)16-18-30(48)52-25-41(42,43)44/h12-16,18,28-29,32-35,47H,6-11,17,19-25H2,1-5H3,(H,45,51)/t28-,29?,32-,33-,34-,35+,40?/m0/s1. The minimum absolute atomic E-state index is 0.0199. The summed E-state index contributed by atoms with van der Waals surface area (Å²) in [7, 11) is 0. The van der Waals surface area contributed by atoms with Gasteiger partial charge in [0.1, 0.15) is 35.4 Å². The van der Waals surface area contributed by atoms with Gasteiger partial charge in [0, 0.05) is 31.8 Å². The third-order valence-electron chi connectivity index (χ3n) is 10.8. The predicted molar refractivity (Wildman–Crippen MR) is 198 cm³/mol. The van der Waals surface area contributed by atoms with E-state index in [1.165, 1.54) is 11.1 Å².